The first kappa shape index (κ1) is 23.6. The first-order chi connectivity index (χ1) is 17.3. The molecule has 2 heterocycles. The highest BCUT2D eigenvalue weighted by molar-refractivity contribution is 6.31. The van der Waals surface area contributed by atoms with Crippen molar-refractivity contribution in [2.24, 2.45) is 7.05 Å². The van der Waals surface area contributed by atoms with Gasteiger partial charge in [0.05, 0.1) is 16.7 Å². The highest BCUT2D eigenvalue weighted by Crippen LogP contribution is 2.26. The van der Waals surface area contributed by atoms with E-state index in [1.54, 1.807) is 29.8 Å². The molecule has 0 bridgehead atoms. The average molecular weight is 501 g/mol. The van der Waals surface area contributed by atoms with E-state index in [4.69, 9.17) is 11.6 Å². The third-order valence-corrected chi connectivity index (χ3v) is 6.82. The fraction of sp³-hybridized carbons (Fsp3) is 0.179. The first-order valence-electron chi connectivity index (χ1n) is 11.6. The molecule has 0 spiro atoms. The van der Waals surface area contributed by atoms with Crippen LogP contribution in [0.25, 0.3) is 27.6 Å². The Morgan fingerprint density at radius 2 is 1.61 bits per heavy atom. The van der Waals surface area contributed by atoms with Crippen molar-refractivity contribution in [3.8, 4) is 5.69 Å². The Morgan fingerprint density at radius 3 is 2.33 bits per heavy atom. The standard InChI is InChI=1S/C28H25ClN4O3/c1-17-8-11-20(12-9-17)33-27(35)26-25(21-14-18(2)10-13-23(21)31(26)3)32(28(33)36)16-24(34)30-15-19-6-4-5-7-22(19)29/h4-14H,15-16H2,1-3H3,(H,30,34). The Labute approximate surface area is 212 Å². The van der Waals surface area contributed by atoms with Gasteiger partial charge in [-0.3, -0.25) is 14.2 Å². The summed E-state index contributed by atoms with van der Waals surface area (Å²) in [5, 5.41) is 4.15. The molecule has 8 heteroatoms. The van der Waals surface area contributed by atoms with Gasteiger partial charge in [0.2, 0.25) is 5.91 Å². The van der Waals surface area contributed by atoms with Gasteiger partial charge in [-0.15, -0.1) is 0 Å². The number of nitrogens with one attached hydrogen (secondary N) is 1. The summed E-state index contributed by atoms with van der Waals surface area (Å²) in [7, 11) is 1.80. The van der Waals surface area contributed by atoms with Gasteiger partial charge in [0, 0.05) is 24.0 Å². The second kappa shape index (κ2) is 9.17. The van der Waals surface area contributed by atoms with E-state index in [1.807, 2.05) is 62.4 Å². The number of hydrogen-bond acceptors (Lipinski definition) is 3. The number of halogens is 1. The van der Waals surface area contributed by atoms with E-state index in [0.717, 1.165) is 32.2 Å². The highest BCUT2D eigenvalue weighted by atomic mass is 35.5. The quantitative estimate of drug-likeness (QED) is 0.392. The lowest BCUT2D eigenvalue weighted by molar-refractivity contribution is -0.121. The smallest absolute Gasteiger partial charge is 0.336 e. The summed E-state index contributed by atoms with van der Waals surface area (Å²) in [6.07, 6.45) is 0. The largest absolute Gasteiger partial charge is 0.350 e. The van der Waals surface area contributed by atoms with Crippen molar-refractivity contribution >= 4 is 39.4 Å². The SMILES string of the molecule is Cc1ccc(-n2c(=O)c3c(c4cc(C)ccc4n3C)n(CC(=O)NCc3ccccc3Cl)c2=O)cc1. The van der Waals surface area contributed by atoms with E-state index < -0.39 is 11.2 Å². The minimum Gasteiger partial charge on any atom is -0.350 e. The second-order valence-electron chi connectivity index (χ2n) is 8.99. The number of fused-ring (bicyclic) bond motifs is 3. The van der Waals surface area contributed by atoms with E-state index in [2.05, 4.69) is 5.32 Å². The summed E-state index contributed by atoms with van der Waals surface area (Å²) in [5.41, 5.74) is 3.82. The number of carbonyl (C=O) groups excluding carboxylic acids is 1. The molecule has 0 radical (unpaired) electrons. The Hall–Kier alpha value is -4.10. The van der Waals surface area contributed by atoms with Crippen molar-refractivity contribution in [3.05, 3.63) is 109 Å². The second-order valence-corrected chi connectivity index (χ2v) is 9.40. The van der Waals surface area contributed by atoms with Crippen molar-refractivity contribution in [2.75, 3.05) is 0 Å². The Kier molecular flexibility index (Phi) is 6.02. The van der Waals surface area contributed by atoms with Gasteiger partial charge in [-0.2, -0.15) is 0 Å². The van der Waals surface area contributed by atoms with Crippen LogP contribution in [0.5, 0.6) is 0 Å². The van der Waals surface area contributed by atoms with Gasteiger partial charge in [0.25, 0.3) is 5.56 Å². The molecule has 3 aromatic carbocycles. The summed E-state index contributed by atoms with van der Waals surface area (Å²) in [6, 6.07) is 20.2. The number of hydrogen-bond donors (Lipinski definition) is 1. The highest BCUT2D eigenvalue weighted by Gasteiger charge is 2.22. The first-order valence-corrected chi connectivity index (χ1v) is 12.0. The maximum Gasteiger partial charge on any atom is 0.336 e. The van der Waals surface area contributed by atoms with Crippen molar-refractivity contribution in [3.63, 3.8) is 0 Å². The predicted octanol–water partition coefficient (Wildman–Crippen LogP) is 4.23. The molecule has 0 unspecified atom stereocenters. The Morgan fingerprint density at radius 1 is 0.917 bits per heavy atom. The van der Waals surface area contributed by atoms with Crippen molar-refractivity contribution in [1.29, 1.82) is 0 Å². The van der Waals surface area contributed by atoms with Crippen LogP contribution in [0.1, 0.15) is 16.7 Å². The van der Waals surface area contributed by atoms with E-state index in [9.17, 15) is 14.4 Å². The molecule has 0 saturated heterocycles. The summed E-state index contributed by atoms with van der Waals surface area (Å²) >= 11 is 6.22. The number of rotatable bonds is 5. The lowest BCUT2D eigenvalue weighted by Crippen LogP contribution is -2.42. The summed E-state index contributed by atoms with van der Waals surface area (Å²) in [6.45, 7) is 3.86. The average Bonchev–Trinajstić information content (AvgIpc) is 3.14. The van der Waals surface area contributed by atoms with Crippen LogP contribution in [-0.2, 0) is 24.9 Å². The van der Waals surface area contributed by atoms with Gasteiger partial charge >= 0.3 is 5.69 Å². The number of carbonyl (C=O) groups is 1. The van der Waals surface area contributed by atoms with Crippen molar-refractivity contribution in [2.45, 2.75) is 26.9 Å². The number of amides is 1. The Bertz CT molecular complexity index is 1760. The molecule has 0 aliphatic rings. The molecule has 7 nitrogen and oxygen atoms in total. The van der Waals surface area contributed by atoms with Crippen molar-refractivity contribution < 1.29 is 4.79 Å². The topological polar surface area (TPSA) is 78.0 Å². The van der Waals surface area contributed by atoms with Crippen LogP contribution in [0.4, 0.5) is 0 Å². The fourth-order valence-corrected chi connectivity index (χ4v) is 4.77. The van der Waals surface area contributed by atoms with E-state index in [1.165, 1.54) is 4.57 Å². The molecule has 36 heavy (non-hydrogen) atoms. The van der Waals surface area contributed by atoms with Crippen LogP contribution in [-0.4, -0.2) is 19.6 Å². The minimum absolute atomic E-state index is 0.225. The summed E-state index contributed by atoms with van der Waals surface area (Å²) in [5.74, 6) is -0.364. The zero-order valence-electron chi connectivity index (χ0n) is 20.2. The zero-order chi connectivity index (χ0) is 25.6. The van der Waals surface area contributed by atoms with Gasteiger partial charge in [-0.05, 0) is 49.7 Å². The fourth-order valence-electron chi connectivity index (χ4n) is 4.57. The molecule has 1 amide bonds. The summed E-state index contributed by atoms with van der Waals surface area (Å²) < 4.78 is 4.31. The minimum atomic E-state index is -0.571. The molecule has 0 fully saturated rings. The van der Waals surface area contributed by atoms with Gasteiger partial charge < -0.3 is 9.88 Å². The third kappa shape index (κ3) is 4.01. The molecule has 0 aliphatic carbocycles. The van der Waals surface area contributed by atoms with Crippen LogP contribution in [0.3, 0.4) is 0 Å². The van der Waals surface area contributed by atoms with Crippen LogP contribution in [0.15, 0.2) is 76.3 Å². The number of aryl methyl sites for hydroxylation is 3. The van der Waals surface area contributed by atoms with Gasteiger partial charge in [0.15, 0.2) is 0 Å². The molecular formula is C28H25ClN4O3. The lowest BCUT2D eigenvalue weighted by Gasteiger charge is -2.14. The lowest BCUT2D eigenvalue weighted by atomic mass is 10.1. The number of aromatic nitrogens is 3. The third-order valence-electron chi connectivity index (χ3n) is 6.45. The molecule has 5 rings (SSSR count). The maximum absolute atomic E-state index is 13.8. The monoisotopic (exact) mass is 500 g/mol. The number of nitrogens with zero attached hydrogens (tertiary/aromatic N) is 3. The van der Waals surface area contributed by atoms with Crippen LogP contribution >= 0.6 is 11.6 Å². The van der Waals surface area contributed by atoms with E-state index >= 15 is 0 Å². The maximum atomic E-state index is 13.8. The van der Waals surface area contributed by atoms with Crippen LogP contribution < -0.4 is 16.6 Å². The molecule has 0 atom stereocenters. The normalized spacial score (nSPS) is 11.3. The van der Waals surface area contributed by atoms with Crippen LogP contribution in [0, 0.1) is 13.8 Å². The van der Waals surface area contributed by atoms with E-state index in [-0.39, 0.29) is 19.0 Å². The van der Waals surface area contributed by atoms with Crippen molar-refractivity contribution in [1.82, 2.24) is 19.0 Å². The Balaban J connectivity index is 1.70. The van der Waals surface area contributed by atoms with Crippen LogP contribution in [0.2, 0.25) is 5.02 Å². The van der Waals surface area contributed by atoms with Gasteiger partial charge in [0.1, 0.15) is 12.1 Å². The van der Waals surface area contributed by atoms with Gasteiger partial charge in [-0.1, -0.05) is 59.1 Å². The zero-order valence-corrected chi connectivity index (χ0v) is 21.0. The molecule has 2 aromatic heterocycles. The molecule has 5 aromatic rings. The van der Waals surface area contributed by atoms with Gasteiger partial charge in [-0.25, -0.2) is 9.36 Å². The molecular weight excluding hydrogens is 476 g/mol. The molecule has 0 saturated carbocycles. The summed E-state index contributed by atoms with van der Waals surface area (Å²) in [4.78, 5) is 40.6. The van der Waals surface area contributed by atoms with E-state index in [0.29, 0.717) is 21.7 Å². The number of benzene rings is 3. The molecule has 182 valence electrons. The predicted molar refractivity (Wildman–Crippen MR) is 143 cm³/mol. The molecule has 0 aliphatic heterocycles. The molecule has 1 N–H and O–H groups in total.